The molecular formula is C16H18ClN3O2. The minimum atomic E-state index is 0.00408. The number of morpholine rings is 1. The Hall–Kier alpha value is -1.85. The van der Waals surface area contributed by atoms with Gasteiger partial charge in [-0.1, -0.05) is 23.7 Å². The van der Waals surface area contributed by atoms with E-state index in [4.69, 9.17) is 16.3 Å². The lowest BCUT2D eigenvalue weighted by Gasteiger charge is -2.33. The molecule has 1 fully saturated rings. The van der Waals surface area contributed by atoms with Crippen LogP contribution in [0.4, 0.5) is 0 Å². The highest BCUT2D eigenvalue weighted by Crippen LogP contribution is 2.16. The maximum Gasteiger partial charge on any atom is 0.272 e. The van der Waals surface area contributed by atoms with Crippen molar-refractivity contribution in [2.75, 3.05) is 19.7 Å². The molecule has 0 saturated carbocycles. The van der Waals surface area contributed by atoms with Gasteiger partial charge in [0.15, 0.2) is 0 Å². The molecule has 1 aliphatic heterocycles. The van der Waals surface area contributed by atoms with Crippen molar-refractivity contribution in [1.29, 1.82) is 0 Å². The first kappa shape index (κ1) is 15.1. The smallest absolute Gasteiger partial charge is 0.272 e. The number of aryl methyl sites for hydroxylation is 1. The average molecular weight is 320 g/mol. The van der Waals surface area contributed by atoms with Crippen molar-refractivity contribution in [3.05, 3.63) is 52.8 Å². The number of carbonyl (C=O) groups excluding carboxylic acids is 1. The van der Waals surface area contributed by atoms with Gasteiger partial charge in [0.2, 0.25) is 0 Å². The minimum Gasteiger partial charge on any atom is -0.374 e. The zero-order chi connectivity index (χ0) is 15.5. The van der Waals surface area contributed by atoms with E-state index in [1.54, 1.807) is 24.0 Å². The Balaban J connectivity index is 1.65. The Morgan fingerprint density at radius 2 is 2.14 bits per heavy atom. The summed E-state index contributed by atoms with van der Waals surface area (Å²) in [5.74, 6) is 0.00408. The molecule has 1 amide bonds. The molecule has 1 aliphatic rings. The van der Waals surface area contributed by atoms with Gasteiger partial charge in [0.05, 0.1) is 12.7 Å². The molecule has 0 bridgehead atoms. The summed E-state index contributed by atoms with van der Waals surface area (Å²) in [6.45, 7) is 1.76. The van der Waals surface area contributed by atoms with Crippen LogP contribution in [-0.4, -0.2) is 46.4 Å². The summed E-state index contributed by atoms with van der Waals surface area (Å²) in [7, 11) is 1.78. The van der Waals surface area contributed by atoms with Crippen LogP contribution in [0.15, 0.2) is 36.5 Å². The SMILES string of the molecule is Cn1nccc1C(=O)N1CCO[C@@H](Cc2ccc(Cl)cc2)C1. The van der Waals surface area contributed by atoms with Crippen molar-refractivity contribution in [3.63, 3.8) is 0 Å². The molecule has 22 heavy (non-hydrogen) atoms. The molecule has 6 heteroatoms. The molecule has 0 N–H and O–H groups in total. The standard InChI is InChI=1S/C16H18ClN3O2/c1-19-15(6-7-18-19)16(21)20-8-9-22-14(11-20)10-12-2-4-13(17)5-3-12/h2-7,14H,8-11H2,1H3/t14-/m0/s1. The van der Waals surface area contributed by atoms with Crippen LogP contribution in [0.1, 0.15) is 16.1 Å². The molecule has 2 aromatic rings. The first-order valence-electron chi connectivity index (χ1n) is 7.27. The number of aromatic nitrogens is 2. The van der Waals surface area contributed by atoms with E-state index in [2.05, 4.69) is 5.10 Å². The number of hydrogen-bond donors (Lipinski definition) is 0. The number of nitrogens with zero attached hydrogens (tertiary/aromatic N) is 3. The van der Waals surface area contributed by atoms with Crippen molar-refractivity contribution >= 4 is 17.5 Å². The lowest BCUT2D eigenvalue weighted by atomic mass is 10.1. The van der Waals surface area contributed by atoms with Crippen molar-refractivity contribution in [2.45, 2.75) is 12.5 Å². The molecule has 0 unspecified atom stereocenters. The fraction of sp³-hybridized carbons (Fsp3) is 0.375. The quantitative estimate of drug-likeness (QED) is 0.871. The monoisotopic (exact) mass is 319 g/mol. The number of benzene rings is 1. The van der Waals surface area contributed by atoms with Gasteiger partial charge in [0, 0.05) is 37.8 Å². The van der Waals surface area contributed by atoms with Gasteiger partial charge in [0.25, 0.3) is 5.91 Å². The molecule has 1 aromatic carbocycles. The normalized spacial score (nSPS) is 18.5. The van der Waals surface area contributed by atoms with Crippen molar-refractivity contribution in [1.82, 2.24) is 14.7 Å². The Kier molecular flexibility index (Phi) is 4.45. The Morgan fingerprint density at radius 3 is 2.82 bits per heavy atom. The molecule has 2 heterocycles. The molecule has 0 aliphatic carbocycles. The fourth-order valence-corrected chi connectivity index (χ4v) is 2.78. The first-order chi connectivity index (χ1) is 10.6. The van der Waals surface area contributed by atoms with Gasteiger partial charge in [-0.25, -0.2) is 0 Å². The number of ether oxygens (including phenoxy) is 1. The first-order valence-corrected chi connectivity index (χ1v) is 7.64. The highest BCUT2D eigenvalue weighted by molar-refractivity contribution is 6.30. The lowest BCUT2D eigenvalue weighted by molar-refractivity contribution is -0.0211. The van der Waals surface area contributed by atoms with E-state index in [-0.39, 0.29) is 12.0 Å². The van der Waals surface area contributed by atoms with Gasteiger partial charge in [-0.2, -0.15) is 5.10 Å². The van der Waals surface area contributed by atoms with Gasteiger partial charge in [-0.15, -0.1) is 0 Å². The number of amides is 1. The lowest BCUT2D eigenvalue weighted by Crippen LogP contribution is -2.46. The number of carbonyl (C=O) groups is 1. The number of halogens is 1. The zero-order valence-electron chi connectivity index (χ0n) is 12.4. The molecule has 1 atom stereocenters. The van der Waals surface area contributed by atoms with Crippen LogP contribution in [0, 0.1) is 0 Å². The van der Waals surface area contributed by atoms with Crippen LogP contribution in [0.25, 0.3) is 0 Å². The molecule has 1 aromatic heterocycles. The van der Waals surface area contributed by atoms with Gasteiger partial charge in [-0.3, -0.25) is 9.48 Å². The average Bonchev–Trinajstić information content (AvgIpc) is 2.95. The summed E-state index contributed by atoms with van der Waals surface area (Å²) in [5, 5.41) is 4.78. The van der Waals surface area contributed by atoms with Crippen LogP contribution in [0.2, 0.25) is 5.02 Å². The van der Waals surface area contributed by atoms with E-state index in [1.165, 1.54) is 0 Å². The Bertz CT molecular complexity index is 654. The molecule has 5 nitrogen and oxygen atoms in total. The summed E-state index contributed by atoms with van der Waals surface area (Å²) >= 11 is 5.90. The van der Waals surface area contributed by atoms with E-state index < -0.39 is 0 Å². The van der Waals surface area contributed by atoms with Crippen molar-refractivity contribution < 1.29 is 9.53 Å². The van der Waals surface area contributed by atoms with E-state index in [1.807, 2.05) is 29.2 Å². The topological polar surface area (TPSA) is 47.4 Å². The highest BCUT2D eigenvalue weighted by atomic mass is 35.5. The second-order valence-electron chi connectivity index (χ2n) is 5.41. The van der Waals surface area contributed by atoms with Crippen LogP contribution in [-0.2, 0) is 18.2 Å². The zero-order valence-corrected chi connectivity index (χ0v) is 13.2. The van der Waals surface area contributed by atoms with Gasteiger partial charge >= 0.3 is 0 Å². The third-order valence-electron chi connectivity index (χ3n) is 3.84. The minimum absolute atomic E-state index is 0.00408. The third kappa shape index (κ3) is 3.31. The van der Waals surface area contributed by atoms with Crippen molar-refractivity contribution in [3.8, 4) is 0 Å². The maximum absolute atomic E-state index is 12.5. The highest BCUT2D eigenvalue weighted by Gasteiger charge is 2.26. The maximum atomic E-state index is 12.5. The van der Waals surface area contributed by atoms with E-state index >= 15 is 0 Å². The summed E-state index contributed by atoms with van der Waals surface area (Å²) in [6.07, 6.45) is 2.41. The van der Waals surface area contributed by atoms with E-state index in [0.717, 1.165) is 17.0 Å². The van der Waals surface area contributed by atoms with Crippen LogP contribution >= 0.6 is 11.6 Å². The van der Waals surface area contributed by atoms with E-state index in [0.29, 0.717) is 25.4 Å². The summed E-state index contributed by atoms with van der Waals surface area (Å²) < 4.78 is 7.39. The Morgan fingerprint density at radius 1 is 1.36 bits per heavy atom. The number of hydrogen-bond acceptors (Lipinski definition) is 3. The fourth-order valence-electron chi connectivity index (χ4n) is 2.66. The number of rotatable bonds is 3. The van der Waals surface area contributed by atoms with Gasteiger partial charge in [0.1, 0.15) is 5.69 Å². The van der Waals surface area contributed by atoms with Gasteiger partial charge < -0.3 is 9.64 Å². The third-order valence-corrected chi connectivity index (χ3v) is 4.09. The summed E-state index contributed by atoms with van der Waals surface area (Å²) in [6, 6.07) is 9.48. The van der Waals surface area contributed by atoms with Crippen LogP contribution in [0.5, 0.6) is 0 Å². The molecule has 1 saturated heterocycles. The summed E-state index contributed by atoms with van der Waals surface area (Å²) in [4.78, 5) is 14.4. The molecule has 116 valence electrons. The second-order valence-corrected chi connectivity index (χ2v) is 5.85. The molecule has 3 rings (SSSR count). The Labute approximate surface area is 134 Å². The molecular weight excluding hydrogens is 302 g/mol. The molecule has 0 spiro atoms. The predicted molar refractivity (Wildman–Crippen MR) is 84.0 cm³/mol. The van der Waals surface area contributed by atoms with E-state index in [9.17, 15) is 4.79 Å². The molecule has 0 radical (unpaired) electrons. The summed E-state index contributed by atoms with van der Waals surface area (Å²) in [5.41, 5.74) is 1.76. The van der Waals surface area contributed by atoms with Crippen LogP contribution in [0.3, 0.4) is 0 Å². The predicted octanol–water partition coefficient (Wildman–Crippen LogP) is 2.16. The van der Waals surface area contributed by atoms with Crippen LogP contribution < -0.4 is 0 Å². The largest absolute Gasteiger partial charge is 0.374 e. The van der Waals surface area contributed by atoms with Gasteiger partial charge in [-0.05, 0) is 23.8 Å². The van der Waals surface area contributed by atoms with Crippen molar-refractivity contribution in [2.24, 2.45) is 7.05 Å². The second kappa shape index (κ2) is 6.50.